The fourth-order valence-corrected chi connectivity index (χ4v) is 14.9. The summed E-state index contributed by atoms with van der Waals surface area (Å²) in [7, 11) is 0. The van der Waals surface area contributed by atoms with Gasteiger partial charge in [0.15, 0.2) is 0 Å². The Morgan fingerprint density at radius 1 is 0.738 bits per heavy atom. The van der Waals surface area contributed by atoms with Crippen molar-refractivity contribution in [2.45, 2.75) is 131 Å². The first-order chi connectivity index (χ1) is 30.0. The van der Waals surface area contributed by atoms with Crippen LogP contribution < -0.4 is 20.6 Å². The summed E-state index contributed by atoms with van der Waals surface area (Å²) in [6.07, 6.45) is 11.5. The number of aliphatic carboxylic acids is 4. The number of carboxylic acid groups (broad SMARTS) is 4. The summed E-state index contributed by atoms with van der Waals surface area (Å²) in [6, 6.07) is -0.989. The first kappa shape index (κ1) is 53.5. The molecule has 1 saturated heterocycles. The summed E-state index contributed by atoms with van der Waals surface area (Å²) in [5.41, 5.74) is 0.948. The van der Waals surface area contributed by atoms with E-state index in [1.165, 1.54) is 5.57 Å². The molecule has 5 fully saturated rings. The van der Waals surface area contributed by atoms with E-state index in [1.54, 1.807) is 19.6 Å². The number of allylic oxidation sites excluding steroid dienone is 2. The van der Waals surface area contributed by atoms with Crippen molar-refractivity contribution in [1.82, 2.24) is 24.9 Å². The SMILES string of the molecule is C[C@@H]1[C@H]2C3=CCC4[C@@]5(C)CC[C@H](O)C(C)(C)C5CC[C@@]4(C)[C@@]3(C)CC[C@@]2(C(=O)NCCCC(C(=O)O)N2CCN(CC(=O)[O-])CCN(CC(=O)[O-])CCN(CC(=O)[O-])CC2)CC[C@@H]1C.[Ga+3]. The van der Waals surface area contributed by atoms with E-state index in [-0.39, 0.29) is 118 Å². The molecule has 0 radical (unpaired) electrons. The van der Waals surface area contributed by atoms with E-state index in [1.807, 2.05) is 0 Å². The van der Waals surface area contributed by atoms with Gasteiger partial charge in [0.05, 0.1) is 29.4 Å². The van der Waals surface area contributed by atoms with Crippen LogP contribution in [-0.4, -0.2) is 170 Å². The van der Waals surface area contributed by atoms with Crippen LogP contribution in [0.3, 0.4) is 0 Å². The average Bonchev–Trinajstić information content (AvgIpc) is 3.20. The topological polar surface area (TPSA) is 220 Å². The van der Waals surface area contributed by atoms with Gasteiger partial charge in [0.25, 0.3) is 0 Å². The van der Waals surface area contributed by atoms with Gasteiger partial charge in [0.1, 0.15) is 6.04 Å². The van der Waals surface area contributed by atoms with Crippen LogP contribution in [0.5, 0.6) is 0 Å². The molecule has 1 amide bonds. The zero-order valence-electron chi connectivity index (χ0n) is 40.4. The number of aliphatic hydroxyl groups excluding tert-OH is 1. The van der Waals surface area contributed by atoms with Gasteiger partial charge in [-0.1, -0.05) is 60.1 Å². The van der Waals surface area contributed by atoms with Gasteiger partial charge >= 0.3 is 25.8 Å². The number of hydrogen-bond donors (Lipinski definition) is 3. The van der Waals surface area contributed by atoms with E-state index in [0.717, 1.165) is 57.8 Å². The number of amides is 1. The minimum absolute atomic E-state index is 0. The van der Waals surface area contributed by atoms with Gasteiger partial charge in [-0.2, -0.15) is 0 Å². The van der Waals surface area contributed by atoms with E-state index in [2.05, 4.69) is 59.9 Å². The van der Waals surface area contributed by atoms with Crippen molar-refractivity contribution in [1.29, 1.82) is 0 Å². The molecule has 5 aliphatic carbocycles. The zero-order chi connectivity index (χ0) is 47.0. The third-order valence-corrected chi connectivity index (χ3v) is 19.0. The molecule has 0 bridgehead atoms. The summed E-state index contributed by atoms with van der Waals surface area (Å²) in [6.45, 7) is 17.2. The number of rotatable bonds is 13. The van der Waals surface area contributed by atoms with Gasteiger partial charge < -0.3 is 45.2 Å². The number of hydrogen-bond acceptors (Lipinski definition) is 13. The van der Waals surface area contributed by atoms with E-state index < -0.39 is 55.0 Å². The van der Waals surface area contributed by atoms with Gasteiger partial charge in [-0.3, -0.25) is 29.2 Å². The summed E-state index contributed by atoms with van der Waals surface area (Å²) < 4.78 is 0. The molecule has 16 heteroatoms. The maximum Gasteiger partial charge on any atom is 3.00 e. The molecule has 65 heavy (non-hydrogen) atoms. The molecule has 3 unspecified atom stereocenters. The van der Waals surface area contributed by atoms with Crippen molar-refractivity contribution >= 4 is 49.6 Å². The number of aliphatic hydroxyl groups is 1. The Kier molecular flexibility index (Phi) is 17.3. The Morgan fingerprint density at radius 3 is 1.80 bits per heavy atom. The molecular weight excluding hydrogens is 888 g/mol. The van der Waals surface area contributed by atoms with Crippen LogP contribution >= 0.6 is 0 Å². The van der Waals surface area contributed by atoms with Crippen molar-refractivity contribution in [3.05, 3.63) is 11.6 Å². The fraction of sp³-hybridized carbons (Fsp3) is 0.857. The maximum atomic E-state index is 14.9. The predicted molar refractivity (Wildman–Crippen MR) is 240 cm³/mol. The monoisotopic (exact) mass is 966 g/mol. The fourth-order valence-electron chi connectivity index (χ4n) is 14.9. The Morgan fingerprint density at radius 2 is 1.28 bits per heavy atom. The van der Waals surface area contributed by atoms with E-state index in [0.29, 0.717) is 36.6 Å². The van der Waals surface area contributed by atoms with Crippen LogP contribution in [0.25, 0.3) is 0 Å². The Hall–Kier alpha value is -2.47. The second-order valence-corrected chi connectivity index (χ2v) is 22.4. The van der Waals surface area contributed by atoms with Crippen LogP contribution in [0, 0.1) is 56.7 Å². The molecule has 0 aromatic rings. The number of fused-ring (bicyclic) bond motifs is 7. The number of carbonyl (C=O) groups is 5. The predicted octanol–water partition coefficient (Wildman–Crippen LogP) is 0.445. The van der Waals surface area contributed by atoms with Gasteiger partial charge in [0.2, 0.25) is 5.91 Å². The molecule has 6 rings (SSSR count). The Bertz CT molecular complexity index is 1750. The molecular formula is C49H78GaN5O10. The average molecular weight is 967 g/mol. The minimum Gasteiger partial charge on any atom is -0.549 e. The number of nitrogens with zero attached hydrogens (tertiary/aromatic N) is 4. The van der Waals surface area contributed by atoms with Gasteiger partial charge in [0, 0.05) is 78.5 Å². The summed E-state index contributed by atoms with van der Waals surface area (Å²) >= 11 is 0. The van der Waals surface area contributed by atoms with Crippen molar-refractivity contribution in [2.24, 2.45) is 56.7 Å². The smallest absolute Gasteiger partial charge is 0.549 e. The van der Waals surface area contributed by atoms with Crippen LogP contribution in [0.1, 0.15) is 119 Å². The summed E-state index contributed by atoms with van der Waals surface area (Å²) in [4.78, 5) is 69.1. The summed E-state index contributed by atoms with van der Waals surface area (Å²) in [5, 5.41) is 59.9. The molecule has 1 aliphatic heterocycles. The third kappa shape index (κ3) is 10.6. The van der Waals surface area contributed by atoms with Crippen molar-refractivity contribution in [3.63, 3.8) is 0 Å². The Balaban J connectivity index is 0.00000793. The van der Waals surface area contributed by atoms with E-state index in [9.17, 15) is 49.5 Å². The van der Waals surface area contributed by atoms with Crippen LogP contribution in [0.4, 0.5) is 0 Å². The van der Waals surface area contributed by atoms with Crippen molar-refractivity contribution in [3.8, 4) is 0 Å². The van der Waals surface area contributed by atoms with Crippen LogP contribution in [0.15, 0.2) is 11.6 Å². The van der Waals surface area contributed by atoms with E-state index >= 15 is 0 Å². The van der Waals surface area contributed by atoms with Crippen molar-refractivity contribution in [2.75, 3.05) is 78.5 Å². The molecule has 0 aromatic carbocycles. The Labute approximate surface area is 400 Å². The molecule has 11 atom stereocenters. The van der Waals surface area contributed by atoms with Crippen molar-refractivity contribution < 1.29 is 49.5 Å². The molecule has 0 aromatic heterocycles. The maximum absolute atomic E-state index is 14.9. The molecule has 15 nitrogen and oxygen atoms in total. The quantitative estimate of drug-likeness (QED) is 0.130. The second-order valence-electron chi connectivity index (χ2n) is 22.4. The molecule has 0 spiro atoms. The first-order valence-electron chi connectivity index (χ1n) is 24.4. The van der Waals surface area contributed by atoms with Crippen LogP contribution in [-0.2, 0) is 24.0 Å². The van der Waals surface area contributed by atoms with E-state index in [4.69, 9.17) is 0 Å². The molecule has 4 saturated carbocycles. The molecule has 1 heterocycles. The number of carbonyl (C=O) groups excluding carboxylic acids is 4. The standard InChI is InChI=1S/C49H81N5O10.Ga/c1-32-12-17-49(19-18-47(6)34(42(49)33(32)2)10-11-37-46(5)15-14-38(55)45(3,4)36(46)13-16-48(37,47)7)44(64)50-20-8-9-35(43(62)63)54-27-25-52(30-40(58)59)23-21-51(29-39(56)57)22-24-53(26-28-54)31-41(60)61;/h10,32-33,35-38,42,55H,8-9,11-31H2,1-7H3,(H,50,64)(H,56,57)(H,58,59)(H,60,61)(H,62,63);/q;+3/p-3/t32-,33-,35?,36?,37?,38-,42-,46-,47-,48+,49-;/m0./s1. The first-order valence-corrected chi connectivity index (χ1v) is 24.4. The van der Waals surface area contributed by atoms with Gasteiger partial charge in [-0.05, 0) is 122 Å². The largest absolute Gasteiger partial charge is 3.00 e. The zero-order valence-corrected chi connectivity index (χ0v) is 42.8. The molecule has 362 valence electrons. The van der Waals surface area contributed by atoms with Crippen LogP contribution in [0.2, 0.25) is 0 Å². The molecule has 6 aliphatic rings. The summed E-state index contributed by atoms with van der Waals surface area (Å²) in [5.74, 6) is -3.09. The second kappa shape index (κ2) is 21.0. The number of nitrogens with one attached hydrogen (secondary N) is 1. The molecule has 3 N–H and O–H groups in total. The normalized spacial score (nSPS) is 37.8. The minimum atomic E-state index is -1.31. The van der Waals surface area contributed by atoms with Gasteiger partial charge in [-0.25, -0.2) is 0 Å². The third-order valence-electron chi connectivity index (χ3n) is 19.0. The van der Waals surface area contributed by atoms with Gasteiger partial charge in [-0.15, -0.1) is 0 Å². The number of carboxylic acids is 4.